The number of ether oxygens (including phenoxy) is 1. The van der Waals surface area contributed by atoms with E-state index in [0.29, 0.717) is 30.9 Å². The number of ketones is 1. The molecule has 1 N–H and O–H groups in total. The molecule has 0 bridgehead atoms. The van der Waals surface area contributed by atoms with Crippen molar-refractivity contribution in [1.82, 2.24) is 9.55 Å². The average Bonchev–Trinajstić information content (AvgIpc) is 3.03. The first-order valence-electron chi connectivity index (χ1n) is 11.0. The summed E-state index contributed by atoms with van der Waals surface area (Å²) in [6.45, 7) is 17.0. The molecule has 0 aliphatic carbocycles. The summed E-state index contributed by atoms with van der Waals surface area (Å²) >= 11 is 0. The van der Waals surface area contributed by atoms with Gasteiger partial charge in [-0.05, 0) is 49.4 Å². The number of nitrogens with zero attached hydrogens (tertiary/aromatic N) is 1. The van der Waals surface area contributed by atoms with Crippen molar-refractivity contribution in [2.45, 2.75) is 84.8 Å². The normalized spacial score (nSPS) is 22.5. The minimum atomic E-state index is -2.00. The van der Waals surface area contributed by atoms with Gasteiger partial charge in [-0.3, -0.25) is 19.1 Å². The third-order valence-electron chi connectivity index (χ3n) is 6.36. The number of carbonyl (C=O) groups is 1. The molecule has 2 rings (SSSR count). The molecule has 7 nitrogen and oxygen atoms in total. The molecule has 0 amide bonds. The molecule has 2 heterocycles. The van der Waals surface area contributed by atoms with E-state index in [4.69, 9.17) is 9.16 Å². The highest BCUT2D eigenvalue weighted by Crippen LogP contribution is 2.39. The molecule has 1 aliphatic heterocycles. The first kappa shape index (κ1) is 25.5. The summed E-state index contributed by atoms with van der Waals surface area (Å²) in [6.07, 6.45) is 5.07. The third-order valence-corrected chi connectivity index (χ3v) is 10.9. The first-order chi connectivity index (χ1) is 14.2. The van der Waals surface area contributed by atoms with E-state index in [1.165, 1.54) is 10.8 Å². The highest BCUT2D eigenvalue weighted by molar-refractivity contribution is 6.74. The molecule has 8 heteroatoms. The highest BCUT2D eigenvalue weighted by Gasteiger charge is 2.42. The van der Waals surface area contributed by atoms with Crippen molar-refractivity contribution in [3.63, 3.8) is 0 Å². The molecule has 1 saturated heterocycles. The van der Waals surface area contributed by atoms with Crippen LogP contribution in [0.2, 0.25) is 18.1 Å². The van der Waals surface area contributed by atoms with E-state index in [1.54, 1.807) is 13.0 Å². The zero-order chi connectivity index (χ0) is 23.6. The summed E-state index contributed by atoms with van der Waals surface area (Å²) in [7, 11) is -2.00. The van der Waals surface area contributed by atoms with E-state index >= 15 is 0 Å². The van der Waals surface area contributed by atoms with Crippen molar-refractivity contribution in [3.05, 3.63) is 44.8 Å². The van der Waals surface area contributed by atoms with E-state index in [1.807, 2.05) is 19.9 Å². The number of H-pyrrole nitrogens is 1. The minimum Gasteiger partial charge on any atom is -0.414 e. The molecule has 0 radical (unpaired) electrons. The number of aromatic nitrogens is 2. The SMILES string of the molecule is Cc1cn([C@H]2C[C@H](CC(=O)/C=C/C(C)C)[C@@H](CO[Si](C)(C)C(C)(C)C)O2)c(=O)[nH]c1=O. The number of hydrogen-bond donors (Lipinski definition) is 1. The van der Waals surface area contributed by atoms with Gasteiger partial charge >= 0.3 is 5.69 Å². The summed E-state index contributed by atoms with van der Waals surface area (Å²) in [5.41, 5.74) is -0.462. The van der Waals surface area contributed by atoms with Gasteiger partial charge in [0.05, 0.1) is 12.7 Å². The van der Waals surface area contributed by atoms with Crippen molar-refractivity contribution < 1.29 is 14.0 Å². The van der Waals surface area contributed by atoms with Gasteiger partial charge in [0.15, 0.2) is 14.1 Å². The number of aromatic amines is 1. The highest BCUT2D eigenvalue weighted by atomic mass is 28.4. The fourth-order valence-electron chi connectivity index (χ4n) is 3.28. The molecule has 0 aromatic carbocycles. The lowest BCUT2D eigenvalue weighted by molar-refractivity contribution is -0.116. The smallest absolute Gasteiger partial charge is 0.330 e. The van der Waals surface area contributed by atoms with Crippen LogP contribution in [0.25, 0.3) is 0 Å². The maximum Gasteiger partial charge on any atom is 0.330 e. The zero-order valence-corrected chi connectivity index (χ0v) is 21.2. The molecule has 174 valence electrons. The summed E-state index contributed by atoms with van der Waals surface area (Å²) in [6, 6.07) is 0. The molecule has 1 aliphatic rings. The van der Waals surface area contributed by atoms with Gasteiger partial charge < -0.3 is 9.16 Å². The second kappa shape index (κ2) is 9.79. The molecular formula is C23H38N2O5Si. The Hall–Kier alpha value is -1.77. The lowest BCUT2D eigenvalue weighted by Gasteiger charge is -2.37. The summed E-state index contributed by atoms with van der Waals surface area (Å²) in [5, 5.41) is 0.0588. The molecule has 3 atom stereocenters. The third kappa shape index (κ3) is 6.60. The van der Waals surface area contributed by atoms with Crippen LogP contribution in [0, 0.1) is 18.8 Å². The van der Waals surface area contributed by atoms with Gasteiger partial charge in [0.25, 0.3) is 5.56 Å². The monoisotopic (exact) mass is 450 g/mol. The quantitative estimate of drug-likeness (QED) is 0.478. The van der Waals surface area contributed by atoms with Crippen LogP contribution in [-0.2, 0) is 14.0 Å². The number of carbonyl (C=O) groups excluding carboxylic acids is 1. The Morgan fingerprint density at radius 2 is 2.00 bits per heavy atom. The van der Waals surface area contributed by atoms with E-state index < -0.39 is 25.8 Å². The number of rotatable bonds is 8. The summed E-state index contributed by atoms with van der Waals surface area (Å²) in [4.78, 5) is 39.0. The van der Waals surface area contributed by atoms with Crippen molar-refractivity contribution in [3.8, 4) is 0 Å². The fourth-order valence-corrected chi connectivity index (χ4v) is 4.30. The number of nitrogens with one attached hydrogen (secondary N) is 1. The number of hydrogen-bond acceptors (Lipinski definition) is 5. The van der Waals surface area contributed by atoms with Gasteiger partial charge in [0, 0.05) is 18.2 Å². The fraction of sp³-hybridized carbons (Fsp3) is 0.696. The van der Waals surface area contributed by atoms with Gasteiger partial charge in [-0.15, -0.1) is 0 Å². The molecule has 0 spiro atoms. The number of allylic oxidation sites excluding steroid dienone is 2. The second-order valence-electron chi connectivity index (χ2n) is 10.4. The lowest BCUT2D eigenvalue weighted by atomic mass is 9.94. The van der Waals surface area contributed by atoms with Crippen molar-refractivity contribution in [2.24, 2.45) is 11.8 Å². The van der Waals surface area contributed by atoms with Crippen molar-refractivity contribution >= 4 is 14.1 Å². The Balaban J connectivity index is 2.24. The predicted octanol–water partition coefficient (Wildman–Crippen LogP) is 3.94. The molecule has 31 heavy (non-hydrogen) atoms. The number of aryl methyl sites for hydroxylation is 1. The average molecular weight is 451 g/mol. The largest absolute Gasteiger partial charge is 0.414 e. The summed E-state index contributed by atoms with van der Waals surface area (Å²) in [5.74, 6) is 0.278. The van der Waals surface area contributed by atoms with Crippen LogP contribution in [-0.4, -0.2) is 36.4 Å². The lowest BCUT2D eigenvalue weighted by Crippen LogP contribution is -2.43. The topological polar surface area (TPSA) is 90.4 Å². The van der Waals surface area contributed by atoms with Crippen LogP contribution in [0.15, 0.2) is 27.9 Å². The van der Waals surface area contributed by atoms with E-state index in [2.05, 4.69) is 38.8 Å². The van der Waals surface area contributed by atoms with Crippen LogP contribution in [0.3, 0.4) is 0 Å². The molecule has 0 saturated carbocycles. The Morgan fingerprint density at radius 1 is 1.35 bits per heavy atom. The Bertz CT molecular complexity index is 923. The molecule has 1 aromatic rings. The summed E-state index contributed by atoms with van der Waals surface area (Å²) < 4.78 is 14.0. The Morgan fingerprint density at radius 3 is 2.58 bits per heavy atom. The van der Waals surface area contributed by atoms with E-state index in [9.17, 15) is 14.4 Å². The van der Waals surface area contributed by atoms with Crippen LogP contribution >= 0.6 is 0 Å². The standard InChI is InChI=1S/C23H38N2O5Si/c1-15(2)9-10-18(26)11-17-12-20(25-13-16(3)21(27)24-22(25)28)30-19(17)14-29-31(7,8)23(4,5)6/h9-10,13,15,17,19-20H,11-12,14H2,1-8H3,(H,24,27,28)/b10-9+/t17-,19+,20+/m0/s1. The molecule has 0 unspecified atom stereocenters. The molecular weight excluding hydrogens is 412 g/mol. The van der Waals surface area contributed by atoms with Crippen molar-refractivity contribution in [1.29, 1.82) is 0 Å². The van der Waals surface area contributed by atoms with Crippen molar-refractivity contribution in [2.75, 3.05) is 6.61 Å². The van der Waals surface area contributed by atoms with Gasteiger partial charge in [0.2, 0.25) is 0 Å². The van der Waals surface area contributed by atoms with Gasteiger partial charge in [-0.25, -0.2) is 4.79 Å². The Kier molecular flexibility index (Phi) is 8.05. The van der Waals surface area contributed by atoms with Gasteiger partial charge in [0.1, 0.15) is 6.23 Å². The zero-order valence-electron chi connectivity index (χ0n) is 20.2. The maximum atomic E-state index is 12.5. The second-order valence-corrected chi connectivity index (χ2v) is 15.3. The maximum absolute atomic E-state index is 12.5. The van der Waals surface area contributed by atoms with Crippen LogP contribution in [0.5, 0.6) is 0 Å². The van der Waals surface area contributed by atoms with Crippen LogP contribution in [0.1, 0.15) is 59.3 Å². The predicted molar refractivity (Wildman–Crippen MR) is 125 cm³/mol. The molecule has 1 aromatic heterocycles. The van der Waals surface area contributed by atoms with E-state index in [-0.39, 0.29) is 22.8 Å². The Labute approximate surface area is 186 Å². The minimum absolute atomic E-state index is 0.0465. The first-order valence-corrected chi connectivity index (χ1v) is 13.9. The van der Waals surface area contributed by atoms with Crippen LogP contribution in [0.4, 0.5) is 0 Å². The van der Waals surface area contributed by atoms with Crippen LogP contribution < -0.4 is 11.2 Å². The van der Waals surface area contributed by atoms with E-state index in [0.717, 1.165) is 0 Å². The van der Waals surface area contributed by atoms with Gasteiger partial charge in [-0.1, -0.05) is 40.7 Å². The molecule has 1 fully saturated rings. The van der Waals surface area contributed by atoms with Gasteiger partial charge in [-0.2, -0.15) is 0 Å².